The lowest BCUT2D eigenvalue weighted by molar-refractivity contribution is -0.116. The molecule has 8 heteroatoms. The van der Waals surface area contributed by atoms with Crippen LogP contribution in [0.25, 0.3) is 0 Å². The summed E-state index contributed by atoms with van der Waals surface area (Å²) in [7, 11) is 0. The zero-order valence-electron chi connectivity index (χ0n) is 15.7. The van der Waals surface area contributed by atoms with Crippen LogP contribution in [0.1, 0.15) is 28.6 Å². The van der Waals surface area contributed by atoms with Crippen LogP contribution >= 0.6 is 11.8 Å². The van der Waals surface area contributed by atoms with Gasteiger partial charge in [-0.1, -0.05) is 30.0 Å². The third kappa shape index (κ3) is 3.60. The number of anilines is 1. The minimum Gasteiger partial charge on any atom is -0.325 e. The van der Waals surface area contributed by atoms with Crippen molar-refractivity contribution in [2.24, 2.45) is 0 Å². The van der Waals surface area contributed by atoms with Crippen LogP contribution < -0.4 is 10.7 Å². The Balaban J connectivity index is 1.67. The van der Waals surface area contributed by atoms with Gasteiger partial charge in [-0.2, -0.15) is 0 Å². The van der Waals surface area contributed by atoms with Crippen molar-refractivity contribution in [1.29, 1.82) is 0 Å². The molecule has 144 valence electrons. The number of hydrogen-bond acceptors (Lipinski definition) is 5. The van der Waals surface area contributed by atoms with Crippen molar-refractivity contribution in [2.75, 3.05) is 10.7 Å². The maximum absolute atomic E-state index is 13.4. The lowest BCUT2D eigenvalue weighted by Crippen LogP contribution is -2.41. The van der Waals surface area contributed by atoms with E-state index in [1.807, 2.05) is 32.9 Å². The van der Waals surface area contributed by atoms with Gasteiger partial charge in [0.2, 0.25) is 11.1 Å². The molecule has 3 aromatic rings. The topological polar surface area (TPSA) is 71.8 Å². The summed E-state index contributed by atoms with van der Waals surface area (Å²) in [5.41, 5.74) is 7.03. The van der Waals surface area contributed by atoms with Crippen molar-refractivity contribution in [1.82, 2.24) is 14.9 Å². The molecule has 2 N–H and O–H groups in total. The highest BCUT2D eigenvalue weighted by molar-refractivity contribution is 8.00. The van der Waals surface area contributed by atoms with Crippen molar-refractivity contribution in [3.8, 4) is 0 Å². The molecule has 1 amide bonds. The number of fused-ring (bicyclic) bond motifs is 1. The van der Waals surface area contributed by atoms with Gasteiger partial charge in [0.25, 0.3) is 0 Å². The molecule has 1 aliphatic rings. The predicted molar refractivity (Wildman–Crippen MR) is 107 cm³/mol. The van der Waals surface area contributed by atoms with Gasteiger partial charge >= 0.3 is 0 Å². The first-order valence-electron chi connectivity index (χ1n) is 8.90. The molecule has 0 radical (unpaired) electrons. The lowest BCUT2D eigenvalue weighted by Gasteiger charge is -2.32. The molecule has 2 heterocycles. The van der Waals surface area contributed by atoms with Gasteiger partial charge < -0.3 is 10.7 Å². The van der Waals surface area contributed by atoms with E-state index >= 15 is 0 Å². The maximum atomic E-state index is 13.4. The van der Waals surface area contributed by atoms with E-state index in [9.17, 15) is 9.18 Å². The summed E-state index contributed by atoms with van der Waals surface area (Å²) in [6, 6.07) is 11.7. The third-order valence-electron chi connectivity index (χ3n) is 4.58. The molecule has 6 nitrogen and oxygen atoms in total. The summed E-state index contributed by atoms with van der Waals surface area (Å²) in [6.07, 6.45) is 0. The molecular formula is C20H20FN5OS. The van der Waals surface area contributed by atoms with E-state index in [1.54, 1.807) is 16.8 Å². The Hall–Kier alpha value is -2.87. The van der Waals surface area contributed by atoms with Crippen LogP contribution in [-0.2, 0) is 4.79 Å². The fourth-order valence-corrected chi connectivity index (χ4v) is 4.47. The molecule has 1 aliphatic heterocycles. The molecule has 0 unspecified atom stereocenters. The number of carbonyl (C=O) groups is 1. The number of amides is 1. The molecule has 0 fully saturated rings. The van der Waals surface area contributed by atoms with E-state index in [0.29, 0.717) is 11.0 Å². The Morgan fingerprint density at radius 2 is 1.79 bits per heavy atom. The van der Waals surface area contributed by atoms with Gasteiger partial charge in [-0.05, 0) is 61.7 Å². The molecule has 0 saturated carbocycles. The Labute approximate surface area is 166 Å². The molecule has 2 atom stereocenters. The fourth-order valence-electron chi connectivity index (χ4n) is 3.34. The monoisotopic (exact) mass is 397 g/mol. The van der Waals surface area contributed by atoms with E-state index in [-0.39, 0.29) is 17.8 Å². The van der Waals surface area contributed by atoms with Crippen LogP contribution in [0.5, 0.6) is 0 Å². The Morgan fingerprint density at radius 3 is 2.46 bits per heavy atom. The van der Waals surface area contributed by atoms with E-state index < -0.39 is 5.25 Å². The third-order valence-corrected chi connectivity index (χ3v) is 5.79. The number of aryl methyl sites for hydroxylation is 3. The number of benzene rings is 2. The van der Waals surface area contributed by atoms with Crippen LogP contribution in [0, 0.1) is 26.6 Å². The van der Waals surface area contributed by atoms with Crippen molar-refractivity contribution in [3.05, 3.63) is 70.8 Å². The molecule has 28 heavy (non-hydrogen) atoms. The van der Waals surface area contributed by atoms with Gasteiger partial charge in [-0.15, -0.1) is 10.2 Å². The number of nitrogens with one attached hydrogen (secondary N) is 2. The number of rotatable bonds is 3. The largest absolute Gasteiger partial charge is 0.325 e. The minimum absolute atomic E-state index is 0.149. The van der Waals surface area contributed by atoms with Crippen LogP contribution in [-0.4, -0.2) is 26.0 Å². The second-order valence-corrected chi connectivity index (χ2v) is 8.04. The summed E-state index contributed by atoms with van der Waals surface area (Å²) in [6.45, 7) is 5.82. The average molecular weight is 397 g/mol. The van der Waals surface area contributed by atoms with Gasteiger partial charge in [0.1, 0.15) is 16.9 Å². The van der Waals surface area contributed by atoms with Gasteiger partial charge in [-0.3, -0.25) is 4.79 Å². The SMILES string of the molecule is Cc1cc(C)cc(NC(=O)[C@H]2Sc3nnc(C)n3N[C@H]2c2ccc(F)cc2)c1. The first-order valence-corrected chi connectivity index (χ1v) is 9.78. The zero-order chi connectivity index (χ0) is 19.8. The van der Waals surface area contributed by atoms with Crippen LogP contribution in [0.2, 0.25) is 0 Å². The van der Waals surface area contributed by atoms with Gasteiger partial charge in [0.05, 0.1) is 6.04 Å². The Kier molecular flexibility index (Phi) is 4.80. The molecule has 0 spiro atoms. The fraction of sp³-hybridized carbons (Fsp3) is 0.250. The summed E-state index contributed by atoms with van der Waals surface area (Å²) < 4.78 is 15.2. The molecule has 2 aromatic carbocycles. The van der Waals surface area contributed by atoms with Gasteiger partial charge in [0.15, 0.2) is 0 Å². The quantitative estimate of drug-likeness (QED) is 0.704. The number of thioether (sulfide) groups is 1. The molecule has 0 bridgehead atoms. The molecule has 0 saturated heterocycles. The van der Waals surface area contributed by atoms with Crippen LogP contribution in [0.4, 0.5) is 10.1 Å². The highest BCUT2D eigenvalue weighted by atomic mass is 32.2. The summed E-state index contributed by atoms with van der Waals surface area (Å²) in [5, 5.41) is 11.4. The van der Waals surface area contributed by atoms with Crippen molar-refractivity contribution >= 4 is 23.4 Å². The lowest BCUT2D eigenvalue weighted by atomic mass is 10.0. The minimum atomic E-state index is -0.498. The zero-order valence-corrected chi connectivity index (χ0v) is 16.5. The van der Waals surface area contributed by atoms with E-state index in [0.717, 1.165) is 22.4 Å². The van der Waals surface area contributed by atoms with Crippen LogP contribution in [0.15, 0.2) is 47.6 Å². The first kappa shape index (κ1) is 18.5. The van der Waals surface area contributed by atoms with Gasteiger partial charge in [0, 0.05) is 5.69 Å². The van der Waals surface area contributed by atoms with Crippen LogP contribution in [0.3, 0.4) is 0 Å². The second kappa shape index (κ2) is 7.27. The maximum Gasteiger partial charge on any atom is 0.240 e. The van der Waals surface area contributed by atoms with E-state index in [2.05, 4.69) is 27.0 Å². The highest BCUT2D eigenvalue weighted by Gasteiger charge is 2.37. The average Bonchev–Trinajstić information content (AvgIpc) is 3.01. The van der Waals surface area contributed by atoms with E-state index in [4.69, 9.17) is 0 Å². The molecular weight excluding hydrogens is 377 g/mol. The molecule has 0 aliphatic carbocycles. The Morgan fingerprint density at radius 1 is 1.11 bits per heavy atom. The number of hydrogen-bond donors (Lipinski definition) is 2. The van der Waals surface area contributed by atoms with Crippen molar-refractivity contribution < 1.29 is 9.18 Å². The van der Waals surface area contributed by atoms with E-state index in [1.165, 1.54) is 23.9 Å². The highest BCUT2D eigenvalue weighted by Crippen LogP contribution is 2.37. The second-order valence-electron chi connectivity index (χ2n) is 6.93. The first-order chi connectivity index (χ1) is 13.4. The summed E-state index contributed by atoms with van der Waals surface area (Å²) in [4.78, 5) is 13.2. The summed E-state index contributed by atoms with van der Waals surface area (Å²) in [5.74, 6) is 0.233. The normalized spacial score (nSPS) is 18.3. The number of nitrogens with zero attached hydrogens (tertiary/aromatic N) is 3. The number of aromatic nitrogens is 3. The number of carbonyl (C=O) groups excluding carboxylic acids is 1. The number of halogens is 1. The molecule has 1 aromatic heterocycles. The Bertz CT molecular complexity index is 1010. The summed E-state index contributed by atoms with van der Waals surface area (Å²) >= 11 is 1.34. The van der Waals surface area contributed by atoms with Crippen molar-refractivity contribution in [2.45, 2.75) is 37.2 Å². The standard InChI is InChI=1S/C20H20FN5OS/c1-11-8-12(2)10-16(9-11)22-19(27)18-17(14-4-6-15(21)7-5-14)25-26-13(3)23-24-20(26)28-18/h4-10,17-18,25H,1-3H3,(H,22,27)/t17-,18-/m0/s1. The van der Waals surface area contributed by atoms with Crippen molar-refractivity contribution in [3.63, 3.8) is 0 Å². The smallest absolute Gasteiger partial charge is 0.240 e. The molecule has 4 rings (SSSR count). The predicted octanol–water partition coefficient (Wildman–Crippen LogP) is 3.74. The van der Waals surface area contributed by atoms with Gasteiger partial charge in [-0.25, -0.2) is 9.07 Å².